The molecule has 112 valence electrons. The molecule has 2 heterocycles. The van der Waals surface area contributed by atoms with Gasteiger partial charge in [-0.3, -0.25) is 9.59 Å². The van der Waals surface area contributed by atoms with Crippen molar-refractivity contribution in [2.45, 2.75) is 12.5 Å². The van der Waals surface area contributed by atoms with Gasteiger partial charge in [-0.25, -0.2) is 19.7 Å². The number of nitrogens with one attached hydrogen (secondary N) is 1. The van der Waals surface area contributed by atoms with Crippen molar-refractivity contribution in [2.24, 2.45) is 0 Å². The highest BCUT2D eigenvalue weighted by Gasteiger charge is 2.40. The van der Waals surface area contributed by atoms with Crippen molar-refractivity contribution in [3.05, 3.63) is 30.1 Å². The van der Waals surface area contributed by atoms with Crippen LogP contribution in [0.25, 0.3) is 0 Å². The largest absolute Gasteiger partial charge is 0.379 e. The number of hydrogen-bond acceptors (Lipinski definition) is 5. The molecule has 1 unspecified atom stereocenters. The molecule has 1 N–H and O–H groups in total. The summed E-state index contributed by atoms with van der Waals surface area (Å²) in [7, 11) is 0. The number of nitrogens with zero attached hydrogens (tertiary/aromatic N) is 2. The zero-order chi connectivity index (χ0) is 14.8. The third-order valence-electron chi connectivity index (χ3n) is 3.58. The number of halogens is 1. The molecule has 6 nitrogen and oxygen atoms in total. The Bertz CT molecular complexity index is 543. The van der Waals surface area contributed by atoms with Gasteiger partial charge >= 0.3 is 0 Å². The highest BCUT2D eigenvalue weighted by Crippen LogP contribution is 2.23. The van der Waals surface area contributed by atoms with Gasteiger partial charge in [0.1, 0.15) is 11.9 Å². The van der Waals surface area contributed by atoms with Crippen molar-refractivity contribution in [2.75, 3.05) is 31.2 Å². The van der Waals surface area contributed by atoms with Crippen LogP contribution in [-0.4, -0.2) is 49.2 Å². The van der Waals surface area contributed by atoms with Crippen molar-refractivity contribution in [3.8, 4) is 0 Å². The first kappa shape index (κ1) is 14.1. The van der Waals surface area contributed by atoms with Crippen LogP contribution in [-0.2, 0) is 14.3 Å². The maximum atomic E-state index is 12.9. The van der Waals surface area contributed by atoms with Crippen LogP contribution in [0.4, 0.5) is 10.1 Å². The minimum atomic E-state index is -0.569. The van der Waals surface area contributed by atoms with Crippen molar-refractivity contribution in [1.82, 2.24) is 10.4 Å². The molecule has 2 saturated heterocycles. The molecule has 0 radical (unpaired) electrons. The number of morpholine rings is 1. The van der Waals surface area contributed by atoms with E-state index in [0.29, 0.717) is 32.0 Å². The van der Waals surface area contributed by atoms with Gasteiger partial charge in [0.15, 0.2) is 0 Å². The SMILES string of the molecule is O=C1CC(NN2CCOCC2)C(=O)N1c1ccc(F)cc1. The number of ether oxygens (including phenoxy) is 1. The fourth-order valence-corrected chi connectivity index (χ4v) is 2.51. The quantitative estimate of drug-likeness (QED) is 0.812. The van der Waals surface area contributed by atoms with E-state index in [-0.39, 0.29) is 18.2 Å². The third kappa shape index (κ3) is 2.94. The Kier molecular flexibility index (Phi) is 3.96. The van der Waals surface area contributed by atoms with E-state index in [9.17, 15) is 14.0 Å². The lowest BCUT2D eigenvalue weighted by molar-refractivity contribution is -0.122. The molecule has 2 aliphatic rings. The van der Waals surface area contributed by atoms with Crippen LogP contribution >= 0.6 is 0 Å². The predicted molar refractivity (Wildman–Crippen MR) is 72.8 cm³/mol. The Morgan fingerprint density at radius 2 is 1.81 bits per heavy atom. The molecular formula is C14H16FN3O3. The molecule has 0 aromatic heterocycles. The molecule has 0 saturated carbocycles. The minimum absolute atomic E-state index is 0.105. The van der Waals surface area contributed by atoms with E-state index in [1.54, 1.807) is 0 Å². The molecule has 7 heteroatoms. The van der Waals surface area contributed by atoms with Crippen molar-refractivity contribution >= 4 is 17.5 Å². The fraction of sp³-hybridized carbons (Fsp3) is 0.429. The first-order chi connectivity index (χ1) is 10.1. The smallest absolute Gasteiger partial charge is 0.252 e. The normalized spacial score (nSPS) is 23.9. The van der Waals surface area contributed by atoms with E-state index in [2.05, 4.69) is 5.43 Å². The van der Waals surface area contributed by atoms with Crippen LogP contribution in [0, 0.1) is 5.82 Å². The van der Waals surface area contributed by atoms with Crippen molar-refractivity contribution < 1.29 is 18.7 Å². The summed E-state index contributed by atoms with van der Waals surface area (Å²) >= 11 is 0. The Balaban J connectivity index is 1.71. The topological polar surface area (TPSA) is 61.9 Å². The molecule has 0 aliphatic carbocycles. The molecule has 0 spiro atoms. The number of imide groups is 1. The summed E-state index contributed by atoms with van der Waals surface area (Å²) in [6.45, 7) is 2.55. The summed E-state index contributed by atoms with van der Waals surface area (Å²) in [6.07, 6.45) is 0.105. The predicted octanol–water partition coefficient (Wildman–Crippen LogP) is 0.294. The van der Waals surface area contributed by atoms with Gasteiger partial charge in [-0.2, -0.15) is 0 Å². The Labute approximate surface area is 121 Å². The highest BCUT2D eigenvalue weighted by molar-refractivity contribution is 6.22. The van der Waals surface area contributed by atoms with Crippen LogP contribution in [0.3, 0.4) is 0 Å². The number of rotatable bonds is 3. The van der Waals surface area contributed by atoms with Gasteiger partial charge in [0.2, 0.25) is 5.91 Å². The van der Waals surface area contributed by atoms with Crippen LogP contribution in [0.15, 0.2) is 24.3 Å². The third-order valence-corrected chi connectivity index (χ3v) is 3.58. The molecule has 0 bridgehead atoms. The summed E-state index contributed by atoms with van der Waals surface area (Å²) in [6, 6.07) is 4.77. The van der Waals surface area contributed by atoms with Crippen LogP contribution in [0.5, 0.6) is 0 Å². The van der Waals surface area contributed by atoms with E-state index < -0.39 is 11.9 Å². The van der Waals surface area contributed by atoms with E-state index in [1.807, 2.05) is 5.01 Å². The van der Waals surface area contributed by atoms with Crippen LogP contribution in [0.2, 0.25) is 0 Å². The first-order valence-electron chi connectivity index (χ1n) is 6.86. The summed E-state index contributed by atoms with van der Waals surface area (Å²) in [5.74, 6) is -0.990. The number of hydrogen-bond donors (Lipinski definition) is 1. The number of benzene rings is 1. The lowest BCUT2D eigenvalue weighted by Crippen LogP contribution is -2.52. The second kappa shape index (κ2) is 5.88. The zero-order valence-electron chi connectivity index (χ0n) is 11.4. The fourth-order valence-electron chi connectivity index (χ4n) is 2.51. The number of carbonyl (C=O) groups is 2. The zero-order valence-corrected chi connectivity index (χ0v) is 11.4. The van der Waals surface area contributed by atoms with Gasteiger partial charge in [-0.05, 0) is 24.3 Å². The molecule has 3 rings (SSSR count). The van der Waals surface area contributed by atoms with E-state index >= 15 is 0 Å². The van der Waals surface area contributed by atoms with Gasteiger partial charge in [0, 0.05) is 13.1 Å². The first-order valence-corrected chi connectivity index (χ1v) is 6.86. The molecule has 1 atom stereocenters. The second-order valence-electron chi connectivity index (χ2n) is 5.03. The molecule has 2 fully saturated rings. The van der Waals surface area contributed by atoms with E-state index in [4.69, 9.17) is 4.74 Å². The van der Waals surface area contributed by atoms with Crippen molar-refractivity contribution in [1.29, 1.82) is 0 Å². The summed E-state index contributed by atoms with van der Waals surface area (Å²) in [5, 5.41) is 1.90. The molecular weight excluding hydrogens is 277 g/mol. The number of anilines is 1. The lowest BCUT2D eigenvalue weighted by atomic mass is 10.2. The molecule has 1 aromatic carbocycles. The van der Waals surface area contributed by atoms with Crippen LogP contribution in [0.1, 0.15) is 6.42 Å². The molecule has 1 aromatic rings. The number of amides is 2. The Hall–Kier alpha value is -1.83. The minimum Gasteiger partial charge on any atom is -0.379 e. The van der Waals surface area contributed by atoms with E-state index in [1.165, 1.54) is 24.3 Å². The average Bonchev–Trinajstić information content (AvgIpc) is 2.76. The maximum Gasteiger partial charge on any atom is 0.252 e. The van der Waals surface area contributed by atoms with Crippen LogP contribution < -0.4 is 10.3 Å². The summed E-state index contributed by atoms with van der Waals surface area (Å²) < 4.78 is 18.2. The highest BCUT2D eigenvalue weighted by atomic mass is 19.1. The molecule has 2 aliphatic heterocycles. The monoisotopic (exact) mass is 293 g/mol. The van der Waals surface area contributed by atoms with Gasteiger partial charge in [-0.15, -0.1) is 0 Å². The standard InChI is InChI=1S/C14H16FN3O3/c15-10-1-3-11(4-2-10)18-13(19)9-12(14(18)20)16-17-5-7-21-8-6-17/h1-4,12,16H,5-9H2. The summed E-state index contributed by atoms with van der Waals surface area (Å²) in [5.41, 5.74) is 3.48. The Morgan fingerprint density at radius 1 is 1.14 bits per heavy atom. The Morgan fingerprint density at radius 3 is 2.48 bits per heavy atom. The van der Waals surface area contributed by atoms with Gasteiger partial charge in [-0.1, -0.05) is 0 Å². The lowest BCUT2D eigenvalue weighted by Gasteiger charge is -2.29. The molecule has 2 amide bonds. The maximum absolute atomic E-state index is 12.9. The average molecular weight is 293 g/mol. The van der Waals surface area contributed by atoms with Gasteiger partial charge in [0.25, 0.3) is 5.91 Å². The van der Waals surface area contributed by atoms with Crippen molar-refractivity contribution in [3.63, 3.8) is 0 Å². The summed E-state index contributed by atoms with van der Waals surface area (Å²) in [4.78, 5) is 25.5. The molecule has 21 heavy (non-hydrogen) atoms. The van der Waals surface area contributed by atoms with Gasteiger partial charge in [0.05, 0.1) is 25.3 Å². The van der Waals surface area contributed by atoms with E-state index in [0.717, 1.165) is 4.90 Å². The number of hydrazine groups is 1. The second-order valence-corrected chi connectivity index (χ2v) is 5.03. The number of carbonyl (C=O) groups excluding carboxylic acids is 2. The van der Waals surface area contributed by atoms with Gasteiger partial charge < -0.3 is 4.74 Å².